The van der Waals surface area contributed by atoms with E-state index in [1.807, 2.05) is 25.7 Å². The average Bonchev–Trinajstić information content (AvgIpc) is 2.54. The van der Waals surface area contributed by atoms with Gasteiger partial charge in [0, 0.05) is 31.1 Å². The lowest BCUT2D eigenvalue weighted by Gasteiger charge is -2.43. The molecule has 110 valence electrons. The molecule has 0 aliphatic carbocycles. The van der Waals surface area contributed by atoms with Gasteiger partial charge >= 0.3 is 6.09 Å². The van der Waals surface area contributed by atoms with Gasteiger partial charge in [0.2, 0.25) is 0 Å². The number of amides is 1. The average molecular weight is 268 g/mol. The summed E-state index contributed by atoms with van der Waals surface area (Å²) in [6.45, 7) is 15.5. The molecule has 4 heteroatoms. The molecule has 2 aliphatic rings. The minimum atomic E-state index is -0.400. The maximum Gasteiger partial charge on any atom is 0.410 e. The van der Waals surface area contributed by atoms with Gasteiger partial charge in [-0.1, -0.05) is 6.92 Å². The summed E-state index contributed by atoms with van der Waals surface area (Å²) in [6.07, 6.45) is 0.990. The highest BCUT2D eigenvalue weighted by atomic mass is 16.6. The maximum absolute atomic E-state index is 12.1. The zero-order chi connectivity index (χ0) is 14.4. The largest absolute Gasteiger partial charge is 0.444 e. The van der Waals surface area contributed by atoms with Crippen molar-refractivity contribution in [2.24, 2.45) is 5.92 Å². The number of nitrogens with zero attached hydrogens (tertiary/aromatic N) is 2. The van der Waals surface area contributed by atoms with Gasteiger partial charge in [-0.3, -0.25) is 4.90 Å². The van der Waals surface area contributed by atoms with E-state index in [4.69, 9.17) is 4.74 Å². The zero-order valence-electron chi connectivity index (χ0n) is 13.2. The first-order chi connectivity index (χ1) is 8.64. The molecule has 0 aromatic heterocycles. The Morgan fingerprint density at radius 3 is 2.32 bits per heavy atom. The summed E-state index contributed by atoms with van der Waals surface area (Å²) < 4.78 is 5.47. The number of likely N-dealkylation sites (tertiary alicyclic amines) is 2. The predicted octanol–water partition coefficient (Wildman–Crippen LogP) is 2.73. The lowest BCUT2D eigenvalue weighted by molar-refractivity contribution is -0.0165. The molecule has 2 heterocycles. The molecule has 2 fully saturated rings. The van der Waals surface area contributed by atoms with Crippen LogP contribution in [0.4, 0.5) is 4.79 Å². The first-order valence-electron chi connectivity index (χ1n) is 7.39. The Bertz CT molecular complexity index is 360. The van der Waals surface area contributed by atoms with Crippen LogP contribution in [0.15, 0.2) is 0 Å². The van der Waals surface area contributed by atoms with Gasteiger partial charge in [-0.15, -0.1) is 0 Å². The molecule has 0 bridgehead atoms. The lowest BCUT2D eigenvalue weighted by Crippen LogP contribution is -2.59. The van der Waals surface area contributed by atoms with Gasteiger partial charge < -0.3 is 9.64 Å². The van der Waals surface area contributed by atoms with Crippen molar-refractivity contribution < 1.29 is 9.53 Å². The Morgan fingerprint density at radius 2 is 1.79 bits per heavy atom. The van der Waals surface area contributed by atoms with Crippen LogP contribution in [0.3, 0.4) is 0 Å². The monoisotopic (exact) mass is 268 g/mol. The molecule has 2 aliphatic heterocycles. The minimum absolute atomic E-state index is 0.148. The van der Waals surface area contributed by atoms with Crippen molar-refractivity contribution in [3.8, 4) is 0 Å². The minimum Gasteiger partial charge on any atom is -0.444 e. The first kappa shape index (κ1) is 14.6. The maximum atomic E-state index is 12.1. The van der Waals surface area contributed by atoms with E-state index in [-0.39, 0.29) is 11.6 Å². The van der Waals surface area contributed by atoms with E-state index in [1.54, 1.807) is 0 Å². The van der Waals surface area contributed by atoms with Crippen LogP contribution in [0, 0.1) is 5.92 Å². The number of rotatable bonds is 2. The van der Waals surface area contributed by atoms with Gasteiger partial charge in [-0.25, -0.2) is 4.79 Å². The van der Waals surface area contributed by atoms with Crippen molar-refractivity contribution in [2.45, 2.75) is 65.1 Å². The summed E-state index contributed by atoms with van der Waals surface area (Å²) in [7, 11) is 0. The number of carbonyl (C=O) groups is 1. The van der Waals surface area contributed by atoms with Gasteiger partial charge in [0.25, 0.3) is 0 Å². The smallest absolute Gasteiger partial charge is 0.410 e. The molecule has 4 nitrogen and oxygen atoms in total. The molecule has 2 atom stereocenters. The van der Waals surface area contributed by atoms with Crippen LogP contribution in [0.1, 0.15) is 48.0 Å². The van der Waals surface area contributed by atoms with Crippen molar-refractivity contribution in [3.63, 3.8) is 0 Å². The van der Waals surface area contributed by atoms with Crippen LogP contribution in [-0.2, 0) is 4.74 Å². The summed E-state index contributed by atoms with van der Waals surface area (Å²) in [4.78, 5) is 16.5. The highest BCUT2D eigenvalue weighted by Crippen LogP contribution is 2.37. The second-order valence-corrected chi connectivity index (χ2v) is 7.53. The van der Waals surface area contributed by atoms with E-state index in [0.717, 1.165) is 26.1 Å². The van der Waals surface area contributed by atoms with Crippen molar-refractivity contribution in [2.75, 3.05) is 19.6 Å². The third-order valence-electron chi connectivity index (χ3n) is 4.59. The molecule has 0 N–H and O–H groups in total. The fourth-order valence-electron chi connectivity index (χ4n) is 2.89. The Balaban J connectivity index is 1.93. The molecule has 2 unspecified atom stereocenters. The molecule has 0 saturated carbocycles. The quantitative estimate of drug-likeness (QED) is 0.772. The van der Waals surface area contributed by atoms with Crippen LogP contribution >= 0.6 is 0 Å². The molecular weight excluding hydrogens is 240 g/mol. The summed E-state index contributed by atoms with van der Waals surface area (Å²) in [5.41, 5.74) is -0.167. The Kier molecular flexibility index (Phi) is 3.58. The van der Waals surface area contributed by atoms with Gasteiger partial charge in [0.05, 0.1) is 6.04 Å². The lowest BCUT2D eigenvalue weighted by atomic mass is 9.93. The third-order valence-corrected chi connectivity index (χ3v) is 4.59. The molecule has 0 aromatic rings. The standard InChI is InChI=1S/C15H28N2O2/c1-7-15(5,6)16-8-11-9-17(12(11)10-16)13(18)19-14(2,3)4/h11-12H,7-10H2,1-6H3. The molecule has 0 spiro atoms. The first-order valence-corrected chi connectivity index (χ1v) is 7.39. The van der Waals surface area contributed by atoms with Crippen LogP contribution in [-0.4, -0.2) is 52.7 Å². The van der Waals surface area contributed by atoms with Crippen LogP contribution in [0.5, 0.6) is 0 Å². The fourth-order valence-corrected chi connectivity index (χ4v) is 2.89. The highest BCUT2D eigenvalue weighted by Gasteiger charge is 2.51. The van der Waals surface area contributed by atoms with Crippen LogP contribution < -0.4 is 0 Å². The fraction of sp³-hybridized carbons (Fsp3) is 0.933. The summed E-state index contributed by atoms with van der Waals surface area (Å²) in [5.74, 6) is 0.637. The topological polar surface area (TPSA) is 32.8 Å². The second-order valence-electron chi connectivity index (χ2n) is 7.53. The molecule has 2 rings (SSSR count). The molecule has 1 amide bonds. The second kappa shape index (κ2) is 4.65. The highest BCUT2D eigenvalue weighted by molar-refractivity contribution is 5.70. The SMILES string of the molecule is CCC(C)(C)N1CC2CN(C(=O)OC(C)(C)C)C2C1. The molecular formula is C15H28N2O2. The molecule has 19 heavy (non-hydrogen) atoms. The van der Waals surface area contributed by atoms with E-state index >= 15 is 0 Å². The Morgan fingerprint density at radius 1 is 1.16 bits per heavy atom. The van der Waals surface area contributed by atoms with Gasteiger partial charge in [-0.2, -0.15) is 0 Å². The van der Waals surface area contributed by atoms with E-state index in [1.165, 1.54) is 0 Å². The summed E-state index contributed by atoms with van der Waals surface area (Å²) in [5, 5.41) is 0. The van der Waals surface area contributed by atoms with Crippen molar-refractivity contribution in [1.82, 2.24) is 9.80 Å². The van der Waals surface area contributed by atoms with Crippen LogP contribution in [0.25, 0.3) is 0 Å². The van der Waals surface area contributed by atoms with Gasteiger partial charge in [0.1, 0.15) is 5.60 Å². The Labute approximate surface area is 117 Å². The third kappa shape index (κ3) is 2.88. The van der Waals surface area contributed by atoms with E-state index in [2.05, 4.69) is 25.7 Å². The normalized spacial score (nSPS) is 28.0. The van der Waals surface area contributed by atoms with E-state index < -0.39 is 5.60 Å². The van der Waals surface area contributed by atoms with E-state index in [9.17, 15) is 4.79 Å². The van der Waals surface area contributed by atoms with Crippen molar-refractivity contribution in [1.29, 1.82) is 0 Å². The van der Waals surface area contributed by atoms with Crippen molar-refractivity contribution in [3.05, 3.63) is 0 Å². The van der Waals surface area contributed by atoms with Gasteiger partial charge in [-0.05, 0) is 41.0 Å². The number of carbonyl (C=O) groups excluding carboxylic acids is 1. The van der Waals surface area contributed by atoms with Crippen molar-refractivity contribution >= 4 is 6.09 Å². The summed E-state index contributed by atoms with van der Waals surface area (Å²) in [6, 6.07) is 0.362. The molecule has 0 aromatic carbocycles. The number of ether oxygens (including phenoxy) is 1. The van der Waals surface area contributed by atoms with E-state index in [0.29, 0.717) is 12.0 Å². The summed E-state index contributed by atoms with van der Waals surface area (Å²) >= 11 is 0. The molecule has 2 saturated heterocycles. The number of fused-ring (bicyclic) bond motifs is 1. The van der Waals surface area contributed by atoms with Gasteiger partial charge in [0.15, 0.2) is 0 Å². The van der Waals surface area contributed by atoms with Crippen LogP contribution in [0.2, 0.25) is 0 Å². The molecule has 0 radical (unpaired) electrons. The predicted molar refractivity (Wildman–Crippen MR) is 76.2 cm³/mol. The zero-order valence-corrected chi connectivity index (χ0v) is 13.2. The number of hydrogen-bond donors (Lipinski definition) is 0. The number of hydrogen-bond acceptors (Lipinski definition) is 3. The Hall–Kier alpha value is -0.770.